The van der Waals surface area contributed by atoms with Gasteiger partial charge in [-0.05, 0) is 56.4 Å². The Bertz CT molecular complexity index is 830. The van der Waals surface area contributed by atoms with Crippen molar-refractivity contribution >= 4 is 17.4 Å². The Morgan fingerprint density at radius 2 is 1.86 bits per heavy atom. The number of allylic oxidation sites excluding steroid dienone is 1. The molecule has 1 aromatic heterocycles. The lowest BCUT2D eigenvalue weighted by Gasteiger charge is -2.13. The normalized spacial score (nSPS) is 14.3. The molecule has 1 heterocycles. The van der Waals surface area contributed by atoms with E-state index in [1.54, 1.807) is 0 Å². The zero-order valence-electron chi connectivity index (χ0n) is 15.2. The van der Waals surface area contributed by atoms with Crippen LogP contribution in [0.5, 0.6) is 0 Å². The van der Waals surface area contributed by atoms with E-state index in [-0.39, 0.29) is 11.4 Å². The molecule has 0 aliphatic heterocycles. The number of carbonyl (C=O) groups is 1. The van der Waals surface area contributed by atoms with Gasteiger partial charge in [0.25, 0.3) is 5.91 Å². The third-order valence-electron chi connectivity index (χ3n) is 4.49. The fourth-order valence-electron chi connectivity index (χ4n) is 2.96. The van der Waals surface area contributed by atoms with Crippen molar-refractivity contribution in [1.82, 2.24) is 9.97 Å². The molecule has 0 unspecified atom stereocenters. The highest BCUT2D eigenvalue weighted by Gasteiger charge is 2.30. The zero-order valence-corrected chi connectivity index (χ0v) is 15.2. The van der Waals surface area contributed by atoms with Crippen molar-refractivity contribution in [3.05, 3.63) is 59.6 Å². The van der Waals surface area contributed by atoms with Crippen molar-refractivity contribution in [3.8, 4) is 0 Å². The molecule has 1 aliphatic rings. The summed E-state index contributed by atoms with van der Waals surface area (Å²) in [5.41, 5.74) is 1.02. The first-order valence-electron chi connectivity index (χ1n) is 9.14. The molecular formula is C20H21F3N4O. The van der Waals surface area contributed by atoms with E-state index in [9.17, 15) is 18.0 Å². The molecule has 0 saturated carbocycles. The highest BCUT2D eigenvalue weighted by atomic mass is 19.4. The van der Waals surface area contributed by atoms with Crippen molar-refractivity contribution in [2.75, 3.05) is 17.2 Å². The summed E-state index contributed by atoms with van der Waals surface area (Å²) in [4.78, 5) is 20.4. The van der Waals surface area contributed by atoms with E-state index >= 15 is 0 Å². The van der Waals surface area contributed by atoms with Gasteiger partial charge < -0.3 is 10.6 Å². The second-order valence-electron chi connectivity index (χ2n) is 6.60. The highest BCUT2D eigenvalue weighted by Crippen LogP contribution is 2.29. The zero-order chi connectivity index (χ0) is 20.0. The molecule has 5 nitrogen and oxygen atoms in total. The van der Waals surface area contributed by atoms with Crippen LogP contribution in [0.4, 0.5) is 24.7 Å². The first kappa shape index (κ1) is 19.9. The molecule has 1 amide bonds. The number of carbonyl (C=O) groups excluding carboxylic acids is 1. The van der Waals surface area contributed by atoms with Crippen LogP contribution in [-0.4, -0.2) is 22.4 Å². The van der Waals surface area contributed by atoms with E-state index in [0.717, 1.165) is 37.9 Å². The van der Waals surface area contributed by atoms with Gasteiger partial charge >= 0.3 is 6.18 Å². The molecule has 0 spiro atoms. The maximum absolute atomic E-state index is 12.6. The van der Waals surface area contributed by atoms with Gasteiger partial charge in [-0.25, -0.2) is 9.97 Å². The number of nitrogens with zero attached hydrogens (tertiary/aromatic N) is 2. The lowest BCUT2D eigenvalue weighted by atomic mass is 9.97. The summed E-state index contributed by atoms with van der Waals surface area (Å²) >= 11 is 0. The summed E-state index contributed by atoms with van der Waals surface area (Å²) in [6, 6.07) is 4.22. The van der Waals surface area contributed by atoms with E-state index in [1.807, 2.05) is 0 Å². The van der Waals surface area contributed by atoms with Gasteiger partial charge in [0, 0.05) is 12.2 Å². The first-order chi connectivity index (χ1) is 13.4. The van der Waals surface area contributed by atoms with Crippen LogP contribution in [0.2, 0.25) is 0 Å². The molecule has 1 aliphatic carbocycles. The molecule has 2 N–H and O–H groups in total. The highest BCUT2D eigenvalue weighted by molar-refractivity contribution is 6.02. The number of benzene rings is 1. The Labute approximate surface area is 161 Å². The molecular weight excluding hydrogens is 369 g/mol. The van der Waals surface area contributed by atoms with Gasteiger partial charge in [0.15, 0.2) is 0 Å². The van der Waals surface area contributed by atoms with Crippen molar-refractivity contribution in [2.45, 2.75) is 38.3 Å². The molecule has 1 aromatic carbocycles. The van der Waals surface area contributed by atoms with Gasteiger partial charge in [0.05, 0.1) is 18.0 Å². The molecule has 28 heavy (non-hydrogen) atoms. The smallest absolute Gasteiger partial charge is 0.368 e. The van der Waals surface area contributed by atoms with E-state index in [1.165, 1.54) is 42.9 Å². The van der Waals surface area contributed by atoms with Gasteiger partial charge in [-0.1, -0.05) is 11.6 Å². The van der Waals surface area contributed by atoms with Gasteiger partial charge in [0.2, 0.25) is 0 Å². The number of halogens is 3. The summed E-state index contributed by atoms with van der Waals surface area (Å²) in [5, 5.41) is 5.68. The van der Waals surface area contributed by atoms with Gasteiger partial charge in [0.1, 0.15) is 11.5 Å². The van der Waals surface area contributed by atoms with Crippen molar-refractivity contribution in [1.29, 1.82) is 0 Å². The number of aromatic nitrogens is 2. The molecule has 0 saturated heterocycles. The lowest BCUT2D eigenvalue weighted by molar-refractivity contribution is -0.137. The van der Waals surface area contributed by atoms with Crippen molar-refractivity contribution < 1.29 is 18.0 Å². The topological polar surface area (TPSA) is 66.9 Å². The van der Waals surface area contributed by atoms with E-state index in [4.69, 9.17) is 0 Å². The van der Waals surface area contributed by atoms with Gasteiger partial charge in [-0.2, -0.15) is 13.2 Å². The number of anilines is 2. The van der Waals surface area contributed by atoms with Gasteiger partial charge in [-0.15, -0.1) is 0 Å². The van der Waals surface area contributed by atoms with Crippen LogP contribution >= 0.6 is 0 Å². The largest absolute Gasteiger partial charge is 0.416 e. The molecule has 2 aromatic rings. The fourth-order valence-corrected chi connectivity index (χ4v) is 2.96. The summed E-state index contributed by atoms with van der Waals surface area (Å²) in [6.45, 7) is 0.748. The summed E-state index contributed by atoms with van der Waals surface area (Å²) in [5.74, 6) is 0.0358. The third kappa shape index (κ3) is 5.55. The van der Waals surface area contributed by atoms with Gasteiger partial charge in [-0.3, -0.25) is 4.79 Å². The average Bonchev–Trinajstić information content (AvgIpc) is 2.69. The molecule has 0 bridgehead atoms. The van der Waals surface area contributed by atoms with Crippen LogP contribution in [0.25, 0.3) is 0 Å². The van der Waals surface area contributed by atoms with Crippen molar-refractivity contribution in [3.63, 3.8) is 0 Å². The van der Waals surface area contributed by atoms with E-state index < -0.39 is 17.6 Å². The SMILES string of the molecule is O=C(Nc1ccc(C(F)(F)F)cc1)c1cnc(NCCC2=CCCCC2)cn1. The Morgan fingerprint density at radius 3 is 2.46 bits per heavy atom. The number of alkyl halides is 3. The van der Waals surface area contributed by atoms with Crippen LogP contribution in [0.1, 0.15) is 48.2 Å². The summed E-state index contributed by atoms with van der Waals surface area (Å²) in [7, 11) is 0. The Kier molecular flexibility index (Phi) is 6.28. The first-order valence-corrected chi connectivity index (χ1v) is 9.14. The maximum Gasteiger partial charge on any atom is 0.416 e. The predicted molar refractivity (Wildman–Crippen MR) is 101 cm³/mol. The maximum atomic E-state index is 12.6. The van der Waals surface area contributed by atoms with Crippen LogP contribution in [0, 0.1) is 0 Å². The van der Waals surface area contributed by atoms with Crippen LogP contribution < -0.4 is 10.6 Å². The molecule has 8 heteroatoms. The average molecular weight is 390 g/mol. The fraction of sp³-hybridized carbons (Fsp3) is 0.350. The Hall–Kier alpha value is -2.90. The number of amides is 1. The number of hydrogen-bond donors (Lipinski definition) is 2. The van der Waals surface area contributed by atoms with Crippen LogP contribution in [0.3, 0.4) is 0 Å². The Morgan fingerprint density at radius 1 is 1.07 bits per heavy atom. The second-order valence-corrected chi connectivity index (χ2v) is 6.60. The monoisotopic (exact) mass is 390 g/mol. The lowest BCUT2D eigenvalue weighted by Crippen LogP contribution is -2.15. The van der Waals surface area contributed by atoms with E-state index in [2.05, 4.69) is 26.7 Å². The molecule has 0 fully saturated rings. The number of rotatable bonds is 6. The molecule has 3 rings (SSSR count). The van der Waals surface area contributed by atoms with Crippen LogP contribution in [-0.2, 0) is 6.18 Å². The van der Waals surface area contributed by atoms with Crippen LogP contribution in [0.15, 0.2) is 48.3 Å². The minimum atomic E-state index is -4.41. The summed E-state index contributed by atoms with van der Waals surface area (Å²) < 4.78 is 37.7. The van der Waals surface area contributed by atoms with Crippen molar-refractivity contribution in [2.24, 2.45) is 0 Å². The van der Waals surface area contributed by atoms with E-state index in [0.29, 0.717) is 5.82 Å². The standard InChI is InChI=1S/C20H21F3N4O/c21-20(22,23)15-6-8-16(9-7-15)27-19(28)17-12-26-18(13-25-17)24-11-10-14-4-2-1-3-5-14/h4,6-9,12-13H,1-3,5,10-11H2,(H,24,26)(H,27,28). The number of hydrogen-bond acceptors (Lipinski definition) is 4. The third-order valence-corrected chi connectivity index (χ3v) is 4.49. The number of nitrogens with one attached hydrogen (secondary N) is 2. The quantitative estimate of drug-likeness (QED) is 0.678. The minimum absolute atomic E-state index is 0.0837. The molecule has 0 atom stereocenters. The Balaban J connectivity index is 1.51. The second kappa shape index (κ2) is 8.86. The summed E-state index contributed by atoms with van der Waals surface area (Å²) in [6.07, 6.45) is 6.45. The predicted octanol–water partition coefficient (Wildman–Crippen LogP) is 5.05. The molecule has 148 valence electrons. The minimum Gasteiger partial charge on any atom is -0.368 e. The molecule has 0 radical (unpaired) electrons.